The van der Waals surface area contributed by atoms with E-state index in [0.29, 0.717) is 26.5 Å². The summed E-state index contributed by atoms with van der Waals surface area (Å²) in [5, 5.41) is 4.01. The zero-order valence-corrected chi connectivity index (χ0v) is 14.0. The summed E-state index contributed by atoms with van der Waals surface area (Å²) in [6, 6.07) is 12.7. The first-order chi connectivity index (χ1) is 9.97. The quantitative estimate of drug-likeness (QED) is 0.719. The lowest BCUT2D eigenvalue weighted by Gasteiger charge is -2.10. The Morgan fingerprint density at radius 1 is 1.14 bits per heavy atom. The molecule has 0 atom stereocenters. The van der Waals surface area contributed by atoms with Crippen molar-refractivity contribution >= 4 is 46.6 Å². The number of thioether (sulfide) groups is 1. The van der Waals surface area contributed by atoms with Gasteiger partial charge in [-0.05, 0) is 30.3 Å². The minimum Gasteiger partial charge on any atom is -0.321 e. The van der Waals surface area contributed by atoms with Crippen LogP contribution >= 0.6 is 35.0 Å². The molecule has 0 bridgehead atoms. The van der Waals surface area contributed by atoms with Gasteiger partial charge in [0, 0.05) is 15.7 Å². The Labute approximate surface area is 138 Å². The molecule has 5 heteroatoms. The van der Waals surface area contributed by atoms with Crippen LogP contribution in [0.5, 0.6) is 0 Å². The molecule has 0 saturated carbocycles. The number of halogens is 2. The van der Waals surface area contributed by atoms with Gasteiger partial charge < -0.3 is 5.32 Å². The standard InChI is InChI=1S/C16H15Cl2NOS/c1-10(2)21-12-6-3-5-11(9-12)16(20)19-14-8-4-7-13(17)15(14)18/h3-10H,1-2H3,(H,19,20). The minimum atomic E-state index is -0.203. The molecule has 1 N–H and O–H groups in total. The van der Waals surface area contributed by atoms with Crippen molar-refractivity contribution in [1.29, 1.82) is 0 Å². The van der Waals surface area contributed by atoms with Gasteiger partial charge in [0.05, 0.1) is 15.7 Å². The van der Waals surface area contributed by atoms with Crippen molar-refractivity contribution in [3.05, 3.63) is 58.1 Å². The molecule has 0 spiro atoms. The summed E-state index contributed by atoms with van der Waals surface area (Å²) in [5.41, 5.74) is 1.10. The van der Waals surface area contributed by atoms with Gasteiger partial charge in [0.15, 0.2) is 0 Å². The Hall–Kier alpha value is -1.16. The third-order valence-electron chi connectivity index (χ3n) is 2.67. The average Bonchev–Trinajstić information content (AvgIpc) is 2.43. The highest BCUT2D eigenvalue weighted by atomic mass is 35.5. The fourth-order valence-corrected chi connectivity index (χ4v) is 3.02. The van der Waals surface area contributed by atoms with E-state index in [1.807, 2.05) is 18.2 Å². The number of amides is 1. The average molecular weight is 340 g/mol. The first-order valence-electron chi connectivity index (χ1n) is 6.49. The number of carbonyl (C=O) groups excluding carboxylic acids is 1. The number of hydrogen-bond donors (Lipinski definition) is 1. The molecule has 110 valence electrons. The third-order valence-corrected chi connectivity index (χ3v) is 4.48. The van der Waals surface area contributed by atoms with Crippen LogP contribution in [0.25, 0.3) is 0 Å². The second kappa shape index (κ2) is 7.21. The third kappa shape index (κ3) is 4.40. The Kier molecular flexibility index (Phi) is 5.57. The molecule has 0 aromatic heterocycles. The summed E-state index contributed by atoms with van der Waals surface area (Å²) in [4.78, 5) is 13.4. The molecule has 0 aliphatic rings. The number of nitrogens with one attached hydrogen (secondary N) is 1. The van der Waals surface area contributed by atoms with E-state index in [0.717, 1.165) is 4.90 Å². The summed E-state index contributed by atoms with van der Waals surface area (Å²) >= 11 is 13.7. The van der Waals surface area contributed by atoms with Crippen LogP contribution in [0.3, 0.4) is 0 Å². The van der Waals surface area contributed by atoms with E-state index >= 15 is 0 Å². The van der Waals surface area contributed by atoms with Crippen molar-refractivity contribution in [2.24, 2.45) is 0 Å². The number of benzene rings is 2. The SMILES string of the molecule is CC(C)Sc1cccc(C(=O)Nc2cccc(Cl)c2Cl)c1. The predicted molar refractivity (Wildman–Crippen MR) is 91.9 cm³/mol. The molecule has 0 saturated heterocycles. The first-order valence-corrected chi connectivity index (χ1v) is 8.13. The molecular weight excluding hydrogens is 325 g/mol. The Morgan fingerprint density at radius 2 is 1.86 bits per heavy atom. The maximum Gasteiger partial charge on any atom is 0.255 e. The molecule has 1 amide bonds. The predicted octanol–water partition coefficient (Wildman–Crippen LogP) is 5.75. The Balaban J connectivity index is 2.18. The normalized spacial score (nSPS) is 10.7. The molecule has 0 aliphatic heterocycles. The molecule has 2 aromatic rings. The lowest BCUT2D eigenvalue weighted by atomic mass is 10.2. The van der Waals surface area contributed by atoms with Gasteiger partial charge in [0.2, 0.25) is 0 Å². The monoisotopic (exact) mass is 339 g/mol. The summed E-state index contributed by atoms with van der Waals surface area (Å²) in [5.74, 6) is -0.203. The van der Waals surface area contributed by atoms with Crippen LogP contribution in [-0.4, -0.2) is 11.2 Å². The number of hydrogen-bond acceptors (Lipinski definition) is 2. The van der Waals surface area contributed by atoms with Crippen molar-refractivity contribution in [2.75, 3.05) is 5.32 Å². The molecule has 0 unspecified atom stereocenters. The molecule has 0 radical (unpaired) electrons. The Morgan fingerprint density at radius 3 is 2.57 bits per heavy atom. The second-order valence-corrected chi connectivity index (χ2v) is 7.19. The van der Waals surface area contributed by atoms with E-state index < -0.39 is 0 Å². The van der Waals surface area contributed by atoms with Gasteiger partial charge in [0.1, 0.15) is 0 Å². The second-order valence-electron chi connectivity index (χ2n) is 4.75. The van der Waals surface area contributed by atoms with Gasteiger partial charge >= 0.3 is 0 Å². The van der Waals surface area contributed by atoms with Crippen molar-refractivity contribution in [3.63, 3.8) is 0 Å². The largest absolute Gasteiger partial charge is 0.321 e. The molecule has 0 fully saturated rings. The van der Waals surface area contributed by atoms with Crippen LogP contribution < -0.4 is 5.32 Å². The zero-order chi connectivity index (χ0) is 15.4. The number of anilines is 1. The van der Waals surface area contributed by atoms with E-state index in [-0.39, 0.29) is 5.91 Å². The van der Waals surface area contributed by atoms with E-state index in [2.05, 4.69) is 19.2 Å². The lowest BCUT2D eigenvalue weighted by molar-refractivity contribution is 0.102. The van der Waals surface area contributed by atoms with Crippen molar-refractivity contribution < 1.29 is 4.79 Å². The number of rotatable bonds is 4. The summed E-state index contributed by atoms with van der Waals surface area (Å²) in [6.45, 7) is 4.23. The van der Waals surface area contributed by atoms with Gasteiger partial charge in [-0.25, -0.2) is 0 Å². The molecule has 2 rings (SSSR count). The molecular formula is C16H15Cl2NOS. The van der Waals surface area contributed by atoms with Crippen molar-refractivity contribution in [1.82, 2.24) is 0 Å². The topological polar surface area (TPSA) is 29.1 Å². The fourth-order valence-electron chi connectivity index (χ4n) is 1.78. The highest BCUT2D eigenvalue weighted by molar-refractivity contribution is 7.99. The van der Waals surface area contributed by atoms with Gasteiger partial charge in [-0.3, -0.25) is 4.79 Å². The first kappa shape index (κ1) is 16.2. The molecule has 0 heterocycles. The Bertz CT molecular complexity index is 658. The fraction of sp³-hybridized carbons (Fsp3) is 0.188. The maximum atomic E-state index is 12.3. The zero-order valence-electron chi connectivity index (χ0n) is 11.7. The number of carbonyl (C=O) groups is 1. The van der Waals surface area contributed by atoms with Crippen LogP contribution in [0.15, 0.2) is 47.4 Å². The van der Waals surface area contributed by atoms with Crippen molar-refractivity contribution in [3.8, 4) is 0 Å². The summed E-state index contributed by atoms with van der Waals surface area (Å²) in [7, 11) is 0. The smallest absolute Gasteiger partial charge is 0.255 e. The van der Waals surface area contributed by atoms with Gasteiger partial charge in [-0.2, -0.15) is 0 Å². The van der Waals surface area contributed by atoms with Gasteiger partial charge in [0.25, 0.3) is 5.91 Å². The molecule has 21 heavy (non-hydrogen) atoms. The van der Waals surface area contributed by atoms with E-state index in [1.165, 1.54) is 0 Å². The van der Waals surface area contributed by atoms with E-state index in [4.69, 9.17) is 23.2 Å². The van der Waals surface area contributed by atoms with Crippen LogP contribution in [0.2, 0.25) is 10.0 Å². The van der Waals surface area contributed by atoms with Crippen molar-refractivity contribution in [2.45, 2.75) is 24.0 Å². The van der Waals surface area contributed by atoms with Crippen LogP contribution in [0.1, 0.15) is 24.2 Å². The van der Waals surface area contributed by atoms with Gasteiger partial charge in [-0.1, -0.05) is 49.2 Å². The molecule has 0 aliphatic carbocycles. The highest BCUT2D eigenvalue weighted by Crippen LogP contribution is 2.30. The molecule has 2 nitrogen and oxygen atoms in total. The van der Waals surface area contributed by atoms with Crippen LogP contribution in [-0.2, 0) is 0 Å². The van der Waals surface area contributed by atoms with Gasteiger partial charge in [-0.15, -0.1) is 11.8 Å². The summed E-state index contributed by atoms with van der Waals surface area (Å²) in [6.07, 6.45) is 0. The van der Waals surface area contributed by atoms with Crippen LogP contribution in [0, 0.1) is 0 Å². The minimum absolute atomic E-state index is 0.203. The van der Waals surface area contributed by atoms with E-state index in [1.54, 1.807) is 36.0 Å². The highest BCUT2D eigenvalue weighted by Gasteiger charge is 2.11. The molecule has 2 aromatic carbocycles. The summed E-state index contributed by atoms with van der Waals surface area (Å²) < 4.78 is 0. The lowest BCUT2D eigenvalue weighted by Crippen LogP contribution is -2.12. The van der Waals surface area contributed by atoms with E-state index in [9.17, 15) is 4.79 Å². The maximum absolute atomic E-state index is 12.3. The van der Waals surface area contributed by atoms with Crippen LogP contribution in [0.4, 0.5) is 5.69 Å².